The number of amides is 1. The molecule has 0 aliphatic carbocycles. The molecular weight excluding hydrogens is 324 g/mol. The van der Waals surface area contributed by atoms with Crippen molar-refractivity contribution in [1.82, 2.24) is 15.5 Å². The van der Waals surface area contributed by atoms with Crippen molar-refractivity contribution in [3.8, 4) is 0 Å². The predicted molar refractivity (Wildman–Crippen MR) is 90.4 cm³/mol. The van der Waals surface area contributed by atoms with E-state index >= 15 is 0 Å². The highest BCUT2D eigenvalue weighted by molar-refractivity contribution is 8.01. The minimum atomic E-state index is 0.0230. The lowest BCUT2D eigenvalue weighted by molar-refractivity contribution is -0.118. The van der Waals surface area contributed by atoms with Gasteiger partial charge in [-0.05, 0) is 12.1 Å². The van der Waals surface area contributed by atoms with E-state index in [0.717, 1.165) is 15.2 Å². The van der Waals surface area contributed by atoms with Gasteiger partial charge in [0.15, 0.2) is 4.34 Å². The summed E-state index contributed by atoms with van der Waals surface area (Å²) in [4.78, 5) is 12.9. The van der Waals surface area contributed by atoms with Gasteiger partial charge in [0.05, 0.1) is 5.75 Å². The molecule has 0 aliphatic rings. The molecule has 0 fully saturated rings. The number of nitrogens with one attached hydrogen (secondary N) is 2. The molecule has 0 radical (unpaired) electrons. The molecule has 2 rings (SSSR count). The van der Waals surface area contributed by atoms with Crippen molar-refractivity contribution in [3.05, 3.63) is 30.3 Å². The highest BCUT2D eigenvalue weighted by atomic mass is 32.2. The molecule has 0 atom stereocenters. The Morgan fingerprint density at radius 3 is 2.76 bits per heavy atom. The van der Waals surface area contributed by atoms with Crippen molar-refractivity contribution in [2.75, 3.05) is 30.4 Å². The molecule has 1 amide bonds. The van der Waals surface area contributed by atoms with Gasteiger partial charge < -0.3 is 10.6 Å². The van der Waals surface area contributed by atoms with Gasteiger partial charge in [-0.3, -0.25) is 4.79 Å². The van der Waals surface area contributed by atoms with Crippen LogP contribution in [-0.2, 0) is 4.79 Å². The first-order valence-corrected chi connectivity index (χ1v) is 9.15. The van der Waals surface area contributed by atoms with E-state index in [9.17, 15) is 4.79 Å². The molecule has 21 heavy (non-hydrogen) atoms. The van der Waals surface area contributed by atoms with E-state index in [-0.39, 0.29) is 5.91 Å². The van der Waals surface area contributed by atoms with E-state index in [2.05, 4.69) is 33.0 Å². The molecule has 5 nitrogen and oxygen atoms in total. The maximum atomic E-state index is 11.7. The van der Waals surface area contributed by atoms with Gasteiger partial charge >= 0.3 is 0 Å². The number of benzene rings is 1. The first kappa shape index (κ1) is 16.1. The Morgan fingerprint density at radius 2 is 2.05 bits per heavy atom. The van der Waals surface area contributed by atoms with Crippen LogP contribution in [0.25, 0.3) is 0 Å². The highest BCUT2D eigenvalue weighted by Crippen LogP contribution is 2.24. The molecule has 0 saturated heterocycles. The van der Waals surface area contributed by atoms with E-state index in [1.165, 1.54) is 28.0 Å². The lowest BCUT2D eigenvalue weighted by Crippen LogP contribution is -2.27. The van der Waals surface area contributed by atoms with Gasteiger partial charge in [-0.25, -0.2) is 0 Å². The summed E-state index contributed by atoms with van der Waals surface area (Å²) in [5.41, 5.74) is 0. The summed E-state index contributed by atoms with van der Waals surface area (Å²) in [5, 5.41) is 14.5. The van der Waals surface area contributed by atoms with Gasteiger partial charge in [-0.15, -0.1) is 22.0 Å². The number of hydrogen-bond donors (Lipinski definition) is 2. The largest absolute Gasteiger partial charge is 0.363 e. The third kappa shape index (κ3) is 5.94. The van der Waals surface area contributed by atoms with Crippen molar-refractivity contribution < 1.29 is 4.79 Å². The number of thioether (sulfide) groups is 2. The molecule has 0 unspecified atom stereocenters. The van der Waals surface area contributed by atoms with Gasteiger partial charge in [0, 0.05) is 24.2 Å². The Morgan fingerprint density at radius 1 is 1.24 bits per heavy atom. The van der Waals surface area contributed by atoms with Crippen molar-refractivity contribution in [1.29, 1.82) is 0 Å². The molecule has 0 aliphatic heterocycles. The summed E-state index contributed by atoms with van der Waals surface area (Å²) < 4.78 is 0.799. The first-order valence-electron chi connectivity index (χ1n) is 6.36. The number of hydrogen-bond acceptors (Lipinski definition) is 7. The van der Waals surface area contributed by atoms with Crippen LogP contribution in [0.2, 0.25) is 0 Å². The Labute approximate surface area is 136 Å². The molecule has 1 heterocycles. The molecule has 2 N–H and O–H groups in total. The average molecular weight is 340 g/mol. The fourth-order valence-electron chi connectivity index (χ4n) is 1.42. The third-order valence-electron chi connectivity index (χ3n) is 2.38. The minimum absolute atomic E-state index is 0.0230. The van der Waals surface area contributed by atoms with Crippen LogP contribution < -0.4 is 10.6 Å². The number of aromatic nitrogens is 2. The van der Waals surface area contributed by atoms with E-state index in [4.69, 9.17) is 0 Å². The molecular formula is C13H16N4OS3. The molecule has 0 spiro atoms. The van der Waals surface area contributed by atoms with Crippen LogP contribution in [0.15, 0.2) is 39.6 Å². The highest BCUT2D eigenvalue weighted by Gasteiger charge is 2.07. The van der Waals surface area contributed by atoms with E-state index in [0.29, 0.717) is 12.3 Å². The lowest BCUT2D eigenvalue weighted by Gasteiger charge is -2.04. The number of carbonyl (C=O) groups excluding carboxylic acids is 1. The summed E-state index contributed by atoms with van der Waals surface area (Å²) in [7, 11) is 1.80. The second-order valence-electron chi connectivity index (χ2n) is 3.92. The van der Waals surface area contributed by atoms with Gasteiger partial charge in [0.2, 0.25) is 11.0 Å². The molecule has 8 heteroatoms. The van der Waals surface area contributed by atoms with Crippen molar-refractivity contribution in [3.63, 3.8) is 0 Å². The van der Waals surface area contributed by atoms with Crippen LogP contribution in [0.3, 0.4) is 0 Å². The monoisotopic (exact) mass is 340 g/mol. The van der Waals surface area contributed by atoms with Crippen LogP contribution in [0.1, 0.15) is 0 Å². The van der Waals surface area contributed by atoms with Crippen LogP contribution in [-0.4, -0.2) is 41.2 Å². The summed E-state index contributed by atoms with van der Waals surface area (Å²) in [6.45, 7) is 0.664. The number of carbonyl (C=O) groups is 1. The van der Waals surface area contributed by atoms with Crippen molar-refractivity contribution in [2.24, 2.45) is 0 Å². The van der Waals surface area contributed by atoms with Crippen LogP contribution in [0.5, 0.6) is 0 Å². The fraction of sp³-hybridized carbons (Fsp3) is 0.308. The minimum Gasteiger partial charge on any atom is -0.363 e. The van der Waals surface area contributed by atoms with Gasteiger partial charge in [0.25, 0.3) is 0 Å². The Bertz CT molecular complexity index is 562. The second kappa shape index (κ2) is 8.91. The van der Waals surface area contributed by atoms with Crippen LogP contribution in [0, 0.1) is 0 Å². The quantitative estimate of drug-likeness (QED) is 0.569. The van der Waals surface area contributed by atoms with Gasteiger partial charge in [0.1, 0.15) is 0 Å². The molecule has 112 valence electrons. The normalized spacial score (nSPS) is 10.3. The van der Waals surface area contributed by atoms with E-state index in [1.54, 1.807) is 18.8 Å². The number of nitrogens with zero attached hydrogens (tertiary/aromatic N) is 2. The third-order valence-corrected chi connectivity index (χ3v) is 5.47. The van der Waals surface area contributed by atoms with Crippen LogP contribution >= 0.6 is 34.9 Å². The topological polar surface area (TPSA) is 66.9 Å². The summed E-state index contributed by atoms with van der Waals surface area (Å²) in [5.74, 6) is 1.26. The zero-order valence-corrected chi connectivity index (χ0v) is 14.0. The lowest BCUT2D eigenvalue weighted by atomic mass is 10.4. The summed E-state index contributed by atoms with van der Waals surface area (Å²) >= 11 is 4.58. The summed E-state index contributed by atoms with van der Waals surface area (Å²) in [6.07, 6.45) is 0. The van der Waals surface area contributed by atoms with Gasteiger partial charge in [-0.2, -0.15) is 0 Å². The standard InChI is InChI=1S/C13H16N4OS3/c1-14-12-16-17-13(21-12)20-9-11(18)15-7-8-19-10-5-3-2-4-6-10/h2-6H,7-9H2,1H3,(H,14,16)(H,15,18). The maximum Gasteiger partial charge on any atom is 0.230 e. The molecule has 1 aromatic heterocycles. The van der Waals surface area contributed by atoms with Crippen molar-refractivity contribution in [2.45, 2.75) is 9.24 Å². The Hall–Kier alpha value is -1.25. The fourth-order valence-corrected chi connectivity index (χ4v) is 3.75. The smallest absolute Gasteiger partial charge is 0.230 e. The number of anilines is 1. The molecule has 0 saturated carbocycles. The van der Waals surface area contributed by atoms with Gasteiger partial charge in [-0.1, -0.05) is 41.3 Å². The Balaban J connectivity index is 1.59. The SMILES string of the molecule is CNc1nnc(SCC(=O)NCCSc2ccccc2)s1. The zero-order chi connectivity index (χ0) is 14.9. The van der Waals surface area contributed by atoms with Crippen molar-refractivity contribution >= 4 is 45.9 Å². The zero-order valence-electron chi connectivity index (χ0n) is 11.5. The Kier molecular flexibility index (Phi) is 6.84. The van der Waals surface area contributed by atoms with Crippen LogP contribution in [0.4, 0.5) is 5.13 Å². The van der Waals surface area contributed by atoms with E-state index in [1.807, 2.05) is 18.2 Å². The second-order valence-corrected chi connectivity index (χ2v) is 7.29. The molecule has 0 bridgehead atoms. The first-order chi connectivity index (χ1) is 10.3. The average Bonchev–Trinajstić information content (AvgIpc) is 2.99. The predicted octanol–water partition coefficient (Wildman–Crippen LogP) is 2.58. The summed E-state index contributed by atoms with van der Waals surface area (Å²) in [6, 6.07) is 10.2. The number of rotatable bonds is 8. The molecule has 1 aromatic carbocycles. The maximum absolute atomic E-state index is 11.7. The van der Waals surface area contributed by atoms with E-state index < -0.39 is 0 Å². The molecule has 2 aromatic rings.